The highest BCUT2D eigenvalue weighted by Crippen LogP contribution is 2.25. The highest BCUT2D eigenvalue weighted by molar-refractivity contribution is 9.10. The highest BCUT2D eigenvalue weighted by Gasteiger charge is 2.15. The van der Waals surface area contributed by atoms with Crippen molar-refractivity contribution < 1.29 is 4.79 Å². The summed E-state index contributed by atoms with van der Waals surface area (Å²) in [6, 6.07) is 1.88. The normalized spacial score (nSPS) is 18.4. The Hall–Kier alpha value is -1.16. The van der Waals surface area contributed by atoms with Crippen LogP contribution in [0, 0.1) is 12.8 Å². The molecule has 0 radical (unpaired) electrons. The topological polar surface area (TPSA) is 42.0 Å². The van der Waals surface area contributed by atoms with Gasteiger partial charge in [0.1, 0.15) is 4.60 Å². The number of carbonyl (C=O) groups is 1. The van der Waals surface area contributed by atoms with E-state index in [2.05, 4.69) is 38.4 Å². The molecule has 1 aromatic heterocycles. The van der Waals surface area contributed by atoms with E-state index >= 15 is 0 Å². The summed E-state index contributed by atoms with van der Waals surface area (Å²) in [7, 11) is 0. The van der Waals surface area contributed by atoms with Gasteiger partial charge >= 0.3 is 0 Å². The predicted octanol–water partition coefficient (Wildman–Crippen LogP) is 3.45. The average Bonchev–Trinajstić information content (AvgIpc) is 2.76. The SMILES string of the molecule is Cc1ccnc(Br)c1NC(=O)C[C@H]1C=CCC1. The van der Waals surface area contributed by atoms with Crippen molar-refractivity contribution in [2.24, 2.45) is 5.92 Å². The van der Waals surface area contributed by atoms with Crippen LogP contribution < -0.4 is 5.32 Å². The predicted molar refractivity (Wildman–Crippen MR) is 71.8 cm³/mol. The molecule has 0 bridgehead atoms. The Balaban J connectivity index is 2.00. The van der Waals surface area contributed by atoms with Gasteiger partial charge in [-0.1, -0.05) is 12.2 Å². The van der Waals surface area contributed by atoms with Gasteiger partial charge in [0.15, 0.2) is 0 Å². The van der Waals surface area contributed by atoms with Gasteiger partial charge < -0.3 is 5.32 Å². The Morgan fingerprint density at radius 2 is 2.47 bits per heavy atom. The van der Waals surface area contributed by atoms with E-state index in [1.807, 2.05) is 13.0 Å². The standard InChI is InChI=1S/C13H15BrN2O/c1-9-6-7-15-13(14)12(9)16-11(17)8-10-4-2-3-5-10/h2,4,6-7,10H,3,5,8H2,1H3,(H,16,17)/t10-/m0/s1. The number of pyridine rings is 1. The lowest BCUT2D eigenvalue weighted by Crippen LogP contribution is -2.16. The molecule has 0 aliphatic heterocycles. The molecule has 0 saturated carbocycles. The molecule has 1 aliphatic carbocycles. The van der Waals surface area contributed by atoms with Crippen molar-refractivity contribution in [1.82, 2.24) is 4.98 Å². The van der Waals surface area contributed by atoms with Gasteiger partial charge in [-0.15, -0.1) is 0 Å². The minimum atomic E-state index is 0.0540. The molecule has 0 spiro atoms. The van der Waals surface area contributed by atoms with Gasteiger partial charge in [0.05, 0.1) is 5.69 Å². The van der Waals surface area contributed by atoms with Gasteiger partial charge in [0, 0.05) is 12.6 Å². The summed E-state index contributed by atoms with van der Waals surface area (Å²) in [5.41, 5.74) is 1.79. The van der Waals surface area contributed by atoms with Crippen molar-refractivity contribution in [3.05, 3.63) is 34.6 Å². The summed E-state index contributed by atoms with van der Waals surface area (Å²) in [6.45, 7) is 1.96. The molecule has 4 heteroatoms. The molecular formula is C13H15BrN2O. The maximum absolute atomic E-state index is 11.9. The van der Waals surface area contributed by atoms with E-state index in [0.29, 0.717) is 16.9 Å². The van der Waals surface area contributed by atoms with Crippen molar-refractivity contribution in [2.45, 2.75) is 26.2 Å². The van der Waals surface area contributed by atoms with Gasteiger partial charge in [0.2, 0.25) is 5.91 Å². The number of carbonyl (C=O) groups excluding carboxylic acids is 1. The van der Waals surface area contributed by atoms with Crippen LogP contribution in [0.4, 0.5) is 5.69 Å². The van der Waals surface area contributed by atoms with Crippen LogP contribution >= 0.6 is 15.9 Å². The molecule has 1 atom stereocenters. The second kappa shape index (κ2) is 5.45. The molecule has 1 aliphatic rings. The summed E-state index contributed by atoms with van der Waals surface area (Å²) >= 11 is 3.35. The van der Waals surface area contributed by atoms with Gasteiger partial charge in [-0.3, -0.25) is 4.79 Å². The maximum atomic E-state index is 11.9. The molecule has 3 nitrogen and oxygen atoms in total. The van der Waals surface area contributed by atoms with Crippen LogP contribution in [0.25, 0.3) is 0 Å². The van der Waals surface area contributed by atoms with E-state index in [-0.39, 0.29) is 5.91 Å². The van der Waals surface area contributed by atoms with Crippen LogP contribution in [0.15, 0.2) is 29.0 Å². The smallest absolute Gasteiger partial charge is 0.225 e. The third-order valence-corrected chi connectivity index (χ3v) is 3.54. The molecule has 1 aromatic rings. The van der Waals surface area contributed by atoms with Crippen molar-refractivity contribution in [2.75, 3.05) is 5.32 Å². The molecule has 1 N–H and O–H groups in total. The lowest BCUT2D eigenvalue weighted by molar-refractivity contribution is -0.116. The molecule has 1 amide bonds. The molecule has 1 heterocycles. The second-order valence-electron chi connectivity index (χ2n) is 4.31. The van der Waals surface area contributed by atoms with Crippen LogP contribution in [0.1, 0.15) is 24.8 Å². The van der Waals surface area contributed by atoms with Gasteiger partial charge in [0.25, 0.3) is 0 Å². The minimum absolute atomic E-state index is 0.0540. The number of hydrogen-bond acceptors (Lipinski definition) is 2. The Morgan fingerprint density at radius 3 is 3.12 bits per heavy atom. The number of halogens is 1. The zero-order chi connectivity index (χ0) is 12.3. The zero-order valence-corrected chi connectivity index (χ0v) is 11.3. The van der Waals surface area contributed by atoms with Crippen molar-refractivity contribution >= 4 is 27.5 Å². The molecule has 0 fully saturated rings. The molecule has 0 aromatic carbocycles. The highest BCUT2D eigenvalue weighted by atomic mass is 79.9. The first-order valence-corrected chi connectivity index (χ1v) is 6.53. The summed E-state index contributed by atoms with van der Waals surface area (Å²) < 4.78 is 0.688. The van der Waals surface area contributed by atoms with Crippen LogP contribution in [-0.4, -0.2) is 10.9 Å². The fourth-order valence-electron chi connectivity index (χ4n) is 1.97. The first-order chi connectivity index (χ1) is 8.16. The number of aryl methyl sites for hydroxylation is 1. The summed E-state index contributed by atoms with van der Waals surface area (Å²) in [5.74, 6) is 0.448. The molecule has 2 rings (SSSR count). The number of anilines is 1. The van der Waals surface area contributed by atoms with E-state index in [0.717, 1.165) is 24.1 Å². The fraction of sp³-hybridized carbons (Fsp3) is 0.385. The van der Waals surface area contributed by atoms with Crippen LogP contribution in [0.2, 0.25) is 0 Å². The number of rotatable bonds is 3. The molecule has 17 heavy (non-hydrogen) atoms. The lowest BCUT2D eigenvalue weighted by Gasteiger charge is -2.11. The first-order valence-electron chi connectivity index (χ1n) is 5.74. The minimum Gasteiger partial charge on any atom is -0.324 e. The first kappa shape index (κ1) is 12.3. The largest absolute Gasteiger partial charge is 0.324 e. The third-order valence-electron chi connectivity index (χ3n) is 2.94. The summed E-state index contributed by atoms with van der Waals surface area (Å²) in [6.07, 6.45) is 8.72. The quantitative estimate of drug-likeness (QED) is 0.685. The third kappa shape index (κ3) is 3.16. The monoisotopic (exact) mass is 294 g/mol. The van der Waals surface area contributed by atoms with Crippen molar-refractivity contribution in [3.8, 4) is 0 Å². The van der Waals surface area contributed by atoms with Gasteiger partial charge in [-0.25, -0.2) is 4.98 Å². The molecular weight excluding hydrogens is 280 g/mol. The number of hydrogen-bond donors (Lipinski definition) is 1. The molecule has 90 valence electrons. The Bertz CT molecular complexity index is 436. The number of allylic oxidation sites excluding steroid dienone is 2. The summed E-state index contributed by atoms with van der Waals surface area (Å²) in [5, 5.41) is 2.92. The average molecular weight is 295 g/mol. The van der Waals surface area contributed by atoms with Crippen molar-refractivity contribution in [3.63, 3.8) is 0 Å². The summed E-state index contributed by atoms with van der Waals surface area (Å²) in [4.78, 5) is 16.0. The zero-order valence-electron chi connectivity index (χ0n) is 9.74. The number of aromatic nitrogens is 1. The van der Waals surface area contributed by atoms with Gasteiger partial charge in [-0.2, -0.15) is 0 Å². The van der Waals surface area contributed by atoms with Crippen LogP contribution in [0.3, 0.4) is 0 Å². The van der Waals surface area contributed by atoms with E-state index < -0.39 is 0 Å². The molecule has 0 unspecified atom stereocenters. The van der Waals surface area contributed by atoms with Gasteiger partial charge in [-0.05, 0) is 53.2 Å². The number of amides is 1. The van der Waals surface area contributed by atoms with Crippen molar-refractivity contribution in [1.29, 1.82) is 0 Å². The van der Waals surface area contributed by atoms with Crippen LogP contribution in [-0.2, 0) is 4.79 Å². The lowest BCUT2D eigenvalue weighted by atomic mass is 10.0. The maximum Gasteiger partial charge on any atom is 0.225 e. The molecule has 0 saturated heterocycles. The van der Waals surface area contributed by atoms with E-state index in [1.54, 1.807) is 6.20 Å². The van der Waals surface area contributed by atoms with Crippen LogP contribution in [0.5, 0.6) is 0 Å². The second-order valence-corrected chi connectivity index (χ2v) is 5.06. The Morgan fingerprint density at radius 1 is 1.65 bits per heavy atom. The number of nitrogens with one attached hydrogen (secondary N) is 1. The van der Waals surface area contributed by atoms with E-state index in [1.165, 1.54) is 0 Å². The fourth-order valence-corrected chi connectivity index (χ4v) is 2.50. The van der Waals surface area contributed by atoms with E-state index in [9.17, 15) is 4.79 Å². The van der Waals surface area contributed by atoms with E-state index in [4.69, 9.17) is 0 Å². The number of nitrogens with zero attached hydrogens (tertiary/aromatic N) is 1. The Kier molecular flexibility index (Phi) is 3.94. The Labute approximate surface area is 109 Å².